The monoisotopic (exact) mass is 409 g/mol. The highest BCUT2D eigenvalue weighted by Gasteiger charge is 2.15. The molecule has 4 nitrogen and oxygen atoms in total. The Hall–Kier alpha value is -2.82. The molecule has 0 aliphatic carbocycles. The molecule has 0 radical (unpaired) electrons. The van der Waals surface area contributed by atoms with Crippen molar-refractivity contribution in [1.29, 1.82) is 0 Å². The number of aromatic nitrogens is 2. The fraction of sp³-hybridized carbons (Fsp3) is 0.0909. The van der Waals surface area contributed by atoms with E-state index in [1.54, 1.807) is 24.3 Å². The number of halogens is 2. The Morgan fingerprint density at radius 2 is 1.75 bits per heavy atom. The molecule has 0 atom stereocenters. The largest absolute Gasteiger partial charge is 0.324 e. The van der Waals surface area contributed by atoms with Gasteiger partial charge in [-0.1, -0.05) is 59.6 Å². The number of nitrogens with one attached hydrogen (secondary N) is 1. The number of nitrogens with zero attached hydrogens (tertiary/aromatic N) is 2. The highest BCUT2D eigenvalue weighted by molar-refractivity contribution is 6.31. The van der Waals surface area contributed by atoms with E-state index in [2.05, 4.69) is 5.32 Å². The maximum absolute atomic E-state index is 12.7. The number of fused-ring (bicyclic) bond motifs is 1. The van der Waals surface area contributed by atoms with Crippen molar-refractivity contribution in [2.45, 2.75) is 13.0 Å². The predicted molar refractivity (Wildman–Crippen MR) is 114 cm³/mol. The van der Waals surface area contributed by atoms with Gasteiger partial charge in [0.2, 0.25) is 5.91 Å². The molecular formula is C22H17Cl2N3O. The van der Waals surface area contributed by atoms with Crippen LogP contribution in [0, 0.1) is 0 Å². The van der Waals surface area contributed by atoms with Crippen molar-refractivity contribution in [2.75, 3.05) is 5.32 Å². The average Bonchev–Trinajstić information content (AvgIpc) is 3.01. The van der Waals surface area contributed by atoms with Crippen molar-refractivity contribution >= 4 is 45.8 Å². The number of carbonyl (C=O) groups excluding carboxylic acids is 1. The molecule has 0 bridgehead atoms. The van der Waals surface area contributed by atoms with Crippen LogP contribution in [0.25, 0.3) is 11.0 Å². The standard InChI is InChI=1S/C22H17Cl2N3O/c23-16-7-5-8-17(13-16)25-22(28)14-27-20-11-4-3-10-19(20)26-21(27)12-15-6-1-2-9-18(15)24/h1-11,13H,12,14H2,(H,25,28). The number of anilines is 1. The van der Waals surface area contributed by atoms with Crippen molar-refractivity contribution in [2.24, 2.45) is 0 Å². The van der Waals surface area contributed by atoms with Crippen LogP contribution in [0.2, 0.25) is 10.0 Å². The van der Waals surface area contributed by atoms with E-state index in [4.69, 9.17) is 28.2 Å². The maximum Gasteiger partial charge on any atom is 0.244 e. The van der Waals surface area contributed by atoms with Gasteiger partial charge in [0.05, 0.1) is 11.0 Å². The van der Waals surface area contributed by atoms with E-state index in [0.717, 1.165) is 22.4 Å². The molecule has 0 fully saturated rings. The van der Waals surface area contributed by atoms with Gasteiger partial charge >= 0.3 is 0 Å². The first-order chi connectivity index (χ1) is 13.6. The maximum atomic E-state index is 12.7. The highest BCUT2D eigenvalue weighted by Crippen LogP contribution is 2.23. The Morgan fingerprint density at radius 3 is 2.57 bits per heavy atom. The number of amides is 1. The number of imidazole rings is 1. The van der Waals surface area contributed by atoms with Gasteiger partial charge in [0.25, 0.3) is 0 Å². The van der Waals surface area contributed by atoms with Gasteiger partial charge < -0.3 is 9.88 Å². The molecule has 4 aromatic rings. The normalized spacial score (nSPS) is 10.9. The van der Waals surface area contributed by atoms with Gasteiger partial charge in [0.1, 0.15) is 12.4 Å². The van der Waals surface area contributed by atoms with Crippen LogP contribution >= 0.6 is 23.2 Å². The Labute approximate surface area is 172 Å². The molecule has 0 aliphatic rings. The van der Waals surface area contributed by atoms with E-state index in [1.807, 2.05) is 53.1 Å². The second-order valence-corrected chi connectivity index (χ2v) is 7.27. The number of hydrogen-bond donors (Lipinski definition) is 1. The molecule has 0 unspecified atom stereocenters. The summed E-state index contributed by atoms with van der Waals surface area (Å²) in [6.07, 6.45) is 0.540. The topological polar surface area (TPSA) is 46.9 Å². The zero-order chi connectivity index (χ0) is 19.5. The zero-order valence-electron chi connectivity index (χ0n) is 14.9. The zero-order valence-corrected chi connectivity index (χ0v) is 16.4. The molecule has 0 aliphatic heterocycles. The van der Waals surface area contributed by atoms with E-state index in [-0.39, 0.29) is 12.5 Å². The van der Waals surface area contributed by atoms with Crippen molar-refractivity contribution in [3.8, 4) is 0 Å². The van der Waals surface area contributed by atoms with Gasteiger partial charge in [-0.3, -0.25) is 4.79 Å². The molecule has 1 heterocycles. The van der Waals surface area contributed by atoms with Gasteiger partial charge in [-0.25, -0.2) is 4.98 Å². The molecule has 0 saturated carbocycles. The molecule has 1 N–H and O–H groups in total. The minimum Gasteiger partial charge on any atom is -0.324 e. The number of rotatable bonds is 5. The summed E-state index contributed by atoms with van der Waals surface area (Å²) in [7, 11) is 0. The number of para-hydroxylation sites is 2. The first-order valence-corrected chi connectivity index (χ1v) is 9.59. The third-order valence-electron chi connectivity index (χ3n) is 4.45. The first kappa shape index (κ1) is 18.5. The number of benzene rings is 3. The molecule has 0 saturated heterocycles. The minimum absolute atomic E-state index is 0.146. The van der Waals surface area contributed by atoms with E-state index < -0.39 is 0 Å². The second kappa shape index (κ2) is 8.05. The van der Waals surface area contributed by atoms with Crippen LogP contribution in [0.3, 0.4) is 0 Å². The third-order valence-corrected chi connectivity index (χ3v) is 5.05. The highest BCUT2D eigenvalue weighted by atomic mass is 35.5. The summed E-state index contributed by atoms with van der Waals surface area (Å²) in [4.78, 5) is 17.4. The van der Waals surface area contributed by atoms with Gasteiger partial charge in [-0.2, -0.15) is 0 Å². The summed E-state index contributed by atoms with van der Waals surface area (Å²) in [6, 6.07) is 22.5. The van der Waals surface area contributed by atoms with Gasteiger partial charge in [0.15, 0.2) is 0 Å². The lowest BCUT2D eigenvalue weighted by Gasteiger charge is -2.11. The Balaban J connectivity index is 1.65. The lowest BCUT2D eigenvalue weighted by atomic mass is 10.1. The van der Waals surface area contributed by atoms with Crippen molar-refractivity contribution in [3.63, 3.8) is 0 Å². The molecule has 6 heteroatoms. The number of carbonyl (C=O) groups is 1. The minimum atomic E-state index is -0.147. The van der Waals surface area contributed by atoms with Crippen LogP contribution in [0.4, 0.5) is 5.69 Å². The van der Waals surface area contributed by atoms with Gasteiger partial charge in [-0.15, -0.1) is 0 Å². The Morgan fingerprint density at radius 1 is 0.964 bits per heavy atom. The summed E-state index contributed by atoms with van der Waals surface area (Å²) in [5, 5.41) is 4.15. The van der Waals surface area contributed by atoms with Crippen LogP contribution in [-0.4, -0.2) is 15.5 Å². The molecular weight excluding hydrogens is 393 g/mol. The van der Waals surface area contributed by atoms with Crippen LogP contribution in [-0.2, 0) is 17.8 Å². The van der Waals surface area contributed by atoms with Crippen LogP contribution in [0.5, 0.6) is 0 Å². The quantitative estimate of drug-likeness (QED) is 0.468. The lowest BCUT2D eigenvalue weighted by molar-refractivity contribution is -0.116. The van der Waals surface area contributed by atoms with E-state index in [1.165, 1.54) is 0 Å². The van der Waals surface area contributed by atoms with Crippen molar-refractivity contribution in [1.82, 2.24) is 9.55 Å². The Bertz CT molecular complexity index is 1150. The summed E-state index contributed by atoms with van der Waals surface area (Å²) >= 11 is 12.3. The van der Waals surface area contributed by atoms with Gasteiger partial charge in [0, 0.05) is 22.2 Å². The first-order valence-electron chi connectivity index (χ1n) is 8.83. The fourth-order valence-electron chi connectivity index (χ4n) is 3.16. The smallest absolute Gasteiger partial charge is 0.244 e. The van der Waals surface area contributed by atoms with Crippen LogP contribution in [0.1, 0.15) is 11.4 Å². The SMILES string of the molecule is O=C(Cn1c(Cc2ccccc2Cl)nc2ccccc21)Nc1cccc(Cl)c1. The number of hydrogen-bond acceptors (Lipinski definition) is 2. The molecule has 140 valence electrons. The Kier molecular flexibility index (Phi) is 5.33. The lowest BCUT2D eigenvalue weighted by Crippen LogP contribution is -2.20. The third kappa shape index (κ3) is 4.03. The van der Waals surface area contributed by atoms with Crippen molar-refractivity contribution in [3.05, 3.63) is 94.2 Å². The van der Waals surface area contributed by atoms with E-state index in [9.17, 15) is 4.79 Å². The summed E-state index contributed by atoms with van der Waals surface area (Å²) < 4.78 is 1.93. The molecule has 28 heavy (non-hydrogen) atoms. The summed E-state index contributed by atoms with van der Waals surface area (Å²) in [5.74, 6) is 0.640. The van der Waals surface area contributed by atoms with Crippen LogP contribution < -0.4 is 5.32 Å². The summed E-state index contributed by atoms with van der Waals surface area (Å²) in [5.41, 5.74) is 3.39. The molecule has 1 amide bonds. The predicted octanol–water partition coefficient (Wildman–Crippen LogP) is 5.57. The molecule has 1 aromatic heterocycles. The molecule has 0 spiro atoms. The van der Waals surface area contributed by atoms with E-state index in [0.29, 0.717) is 22.2 Å². The molecule has 3 aromatic carbocycles. The average molecular weight is 410 g/mol. The van der Waals surface area contributed by atoms with E-state index >= 15 is 0 Å². The molecule has 4 rings (SSSR count). The van der Waals surface area contributed by atoms with Gasteiger partial charge in [-0.05, 0) is 42.0 Å². The second-order valence-electron chi connectivity index (χ2n) is 6.43. The van der Waals surface area contributed by atoms with Crippen LogP contribution in [0.15, 0.2) is 72.8 Å². The van der Waals surface area contributed by atoms with Crippen molar-refractivity contribution < 1.29 is 4.79 Å². The summed E-state index contributed by atoms with van der Waals surface area (Å²) in [6.45, 7) is 0.146. The fourth-order valence-corrected chi connectivity index (χ4v) is 3.55.